The Morgan fingerprint density at radius 2 is 1.33 bits per heavy atom. The maximum absolute atomic E-state index is 6.05. The van der Waals surface area contributed by atoms with Crippen molar-refractivity contribution in [3.63, 3.8) is 0 Å². The average molecular weight is 632 g/mol. The summed E-state index contributed by atoms with van der Waals surface area (Å²) in [6, 6.07) is 35.7. The number of allylic oxidation sites excluding steroid dienone is 2. The molecular weight excluding hydrogens is 596 g/mol. The van der Waals surface area contributed by atoms with E-state index < -0.39 is 20.3 Å². The van der Waals surface area contributed by atoms with Crippen molar-refractivity contribution in [1.82, 2.24) is 0 Å². The maximum atomic E-state index is 6.05. The van der Waals surface area contributed by atoms with Gasteiger partial charge < -0.3 is 0 Å². The Morgan fingerprint density at radius 3 is 2.12 bits per heavy atom. The average Bonchev–Trinajstić information content (AvgIpc) is 3.52. The zero-order valence-corrected chi connectivity index (χ0v) is 27.6. The molecule has 0 amide bonds. The van der Waals surface area contributed by atoms with Gasteiger partial charge in [0.1, 0.15) is 0 Å². The van der Waals surface area contributed by atoms with Crippen molar-refractivity contribution in [2.45, 2.75) is 23.4 Å². The Morgan fingerprint density at radius 1 is 0.595 bits per heavy atom. The predicted octanol–water partition coefficient (Wildman–Crippen LogP) is 9.87. The standard InChI is InChI=1S/C20H15.C16H15O3.2CH3.Zr/c1-14-17-10-4-3-8-16(17)13-20(14)19-12-6-9-15-7-2-5-11-18(15)19;1-17-12-5-6-13-11(9-12)8-10-4-7-14(18-2)16(19-3)15(10)13;;;/h2-13H,1H3;4-9H,1-3H3;2*1H3;. The molecule has 2 atom stereocenters. The van der Waals surface area contributed by atoms with Gasteiger partial charge in [-0.3, -0.25) is 0 Å². The quantitative estimate of drug-likeness (QED) is 0.187. The number of ether oxygens (including phenoxy) is 3. The summed E-state index contributed by atoms with van der Waals surface area (Å²) in [6.07, 6.45) is 0. The first kappa shape index (κ1) is 27.2. The Bertz CT molecular complexity index is 1900. The zero-order chi connectivity index (χ0) is 29.2. The van der Waals surface area contributed by atoms with Crippen molar-refractivity contribution in [2.24, 2.45) is 0 Å². The second-order valence-corrected chi connectivity index (χ2v) is 23.9. The van der Waals surface area contributed by atoms with Gasteiger partial charge in [-0.15, -0.1) is 0 Å². The predicted molar refractivity (Wildman–Crippen MR) is 171 cm³/mol. The van der Waals surface area contributed by atoms with Crippen LogP contribution in [0.4, 0.5) is 0 Å². The molecular formula is C38H36O3Zr. The van der Waals surface area contributed by atoms with E-state index in [1.165, 1.54) is 60.9 Å². The van der Waals surface area contributed by atoms with Crippen LogP contribution in [0.15, 0.2) is 97.1 Å². The summed E-state index contributed by atoms with van der Waals surface area (Å²) in [5.74, 6) is 2.48. The third-order valence-electron chi connectivity index (χ3n) is 9.66. The molecule has 5 aromatic rings. The molecule has 2 unspecified atom stereocenters. The molecule has 0 saturated heterocycles. The fraction of sp³-hybridized carbons (Fsp3) is 0.211. The summed E-state index contributed by atoms with van der Waals surface area (Å²) >= 11 is -3.32. The van der Waals surface area contributed by atoms with Crippen molar-refractivity contribution in [3.05, 3.63) is 125 Å². The van der Waals surface area contributed by atoms with E-state index in [0.29, 0.717) is 7.25 Å². The number of hydrogen-bond donors (Lipinski definition) is 0. The molecule has 0 bridgehead atoms. The first-order valence-electron chi connectivity index (χ1n) is 14.6. The second-order valence-electron chi connectivity index (χ2n) is 12.1. The molecule has 7 rings (SSSR count). The SMILES string of the molecule is COc1ccc2c(c1)[CH]([Zr]([CH3])([CH3])[CH]1C(c3cccc4ccccc34)=C(C)c3ccccc31)c1ccc(OC)c(OC)c1-2. The first-order valence-corrected chi connectivity index (χ1v) is 22.4. The molecule has 4 heteroatoms. The Hall–Kier alpha value is -3.62. The molecule has 0 aliphatic heterocycles. The molecule has 0 N–H and O–H groups in total. The van der Waals surface area contributed by atoms with Crippen LogP contribution < -0.4 is 14.2 Å². The summed E-state index contributed by atoms with van der Waals surface area (Å²) in [7, 11) is 5.23. The minimum absolute atomic E-state index is 0.299. The first-order chi connectivity index (χ1) is 20.4. The summed E-state index contributed by atoms with van der Waals surface area (Å²) in [6.45, 7) is 2.34. The van der Waals surface area contributed by atoms with Crippen LogP contribution in [0.2, 0.25) is 9.26 Å². The van der Waals surface area contributed by atoms with E-state index in [1.54, 1.807) is 21.3 Å². The van der Waals surface area contributed by atoms with E-state index >= 15 is 0 Å². The number of rotatable bonds is 6. The van der Waals surface area contributed by atoms with Gasteiger partial charge in [-0.1, -0.05) is 0 Å². The van der Waals surface area contributed by atoms with Crippen LogP contribution in [0.25, 0.3) is 33.0 Å². The van der Waals surface area contributed by atoms with Crippen LogP contribution in [-0.2, 0) is 20.3 Å². The molecule has 0 aromatic heterocycles. The minimum atomic E-state index is -3.32. The van der Waals surface area contributed by atoms with Gasteiger partial charge in [0, 0.05) is 0 Å². The van der Waals surface area contributed by atoms with Gasteiger partial charge in [-0.05, 0) is 0 Å². The van der Waals surface area contributed by atoms with Crippen LogP contribution in [0.1, 0.15) is 42.0 Å². The number of benzene rings is 5. The van der Waals surface area contributed by atoms with Crippen molar-refractivity contribution >= 4 is 21.9 Å². The third kappa shape index (κ3) is 3.88. The molecule has 2 aliphatic rings. The van der Waals surface area contributed by atoms with Crippen molar-refractivity contribution in [3.8, 4) is 28.4 Å². The van der Waals surface area contributed by atoms with E-state index in [1.807, 2.05) is 0 Å². The molecule has 0 fully saturated rings. The Labute approximate surface area is 253 Å². The monoisotopic (exact) mass is 630 g/mol. The van der Waals surface area contributed by atoms with Gasteiger partial charge in [0.2, 0.25) is 0 Å². The second kappa shape index (κ2) is 10.3. The fourth-order valence-electron chi connectivity index (χ4n) is 7.93. The zero-order valence-electron chi connectivity index (χ0n) is 25.1. The normalized spacial score (nSPS) is 17.2. The summed E-state index contributed by atoms with van der Waals surface area (Å²) in [4.78, 5) is 0. The van der Waals surface area contributed by atoms with Gasteiger partial charge in [0.05, 0.1) is 0 Å². The Balaban J connectivity index is 1.51. The van der Waals surface area contributed by atoms with Crippen molar-refractivity contribution < 1.29 is 34.5 Å². The van der Waals surface area contributed by atoms with Gasteiger partial charge >= 0.3 is 254 Å². The van der Waals surface area contributed by atoms with E-state index in [-0.39, 0.29) is 0 Å². The summed E-state index contributed by atoms with van der Waals surface area (Å²) < 4.78 is 23.6. The van der Waals surface area contributed by atoms with Crippen LogP contribution in [-0.4, -0.2) is 21.3 Å². The van der Waals surface area contributed by atoms with Crippen LogP contribution in [0, 0.1) is 0 Å². The van der Waals surface area contributed by atoms with Crippen LogP contribution in [0.3, 0.4) is 0 Å². The molecule has 210 valence electrons. The molecule has 2 aliphatic carbocycles. The van der Waals surface area contributed by atoms with Crippen molar-refractivity contribution in [1.29, 1.82) is 0 Å². The topological polar surface area (TPSA) is 27.7 Å². The van der Waals surface area contributed by atoms with Gasteiger partial charge in [0.15, 0.2) is 0 Å². The molecule has 5 aromatic carbocycles. The Kier molecular flexibility index (Phi) is 6.66. The van der Waals surface area contributed by atoms with Crippen molar-refractivity contribution in [2.75, 3.05) is 21.3 Å². The molecule has 0 radical (unpaired) electrons. The number of fused-ring (bicyclic) bond motifs is 5. The van der Waals surface area contributed by atoms with Gasteiger partial charge in [-0.2, -0.15) is 0 Å². The van der Waals surface area contributed by atoms with E-state index in [0.717, 1.165) is 17.2 Å². The third-order valence-corrected chi connectivity index (χ3v) is 20.0. The van der Waals surface area contributed by atoms with Gasteiger partial charge in [-0.25, -0.2) is 0 Å². The summed E-state index contributed by atoms with van der Waals surface area (Å²) in [5.41, 5.74) is 12.3. The molecule has 0 spiro atoms. The van der Waals surface area contributed by atoms with Crippen LogP contribution in [0.5, 0.6) is 17.2 Å². The van der Waals surface area contributed by atoms with Crippen LogP contribution >= 0.6 is 0 Å². The number of hydrogen-bond acceptors (Lipinski definition) is 3. The van der Waals surface area contributed by atoms with E-state index in [2.05, 4.69) is 113 Å². The molecule has 3 nitrogen and oxygen atoms in total. The number of methoxy groups -OCH3 is 3. The summed E-state index contributed by atoms with van der Waals surface area (Å²) in [5, 5.41) is 2.62. The van der Waals surface area contributed by atoms with E-state index in [4.69, 9.17) is 14.2 Å². The van der Waals surface area contributed by atoms with Gasteiger partial charge in [0.25, 0.3) is 0 Å². The van der Waals surface area contributed by atoms with E-state index in [9.17, 15) is 0 Å². The fourth-order valence-corrected chi connectivity index (χ4v) is 19.2. The molecule has 42 heavy (non-hydrogen) atoms. The molecule has 0 saturated carbocycles. The molecule has 0 heterocycles.